The van der Waals surface area contributed by atoms with Crippen molar-refractivity contribution in [3.05, 3.63) is 0 Å². The first-order valence-electron chi connectivity index (χ1n) is 5.66. The summed E-state index contributed by atoms with van der Waals surface area (Å²) >= 11 is 0. The van der Waals surface area contributed by atoms with Crippen LogP contribution in [0.1, 0.15) is 33.1 Å². The van der Waals surface area contributed by atoms with Crippen molar-refractivity contribution in [3.63, 3.8) is 0 Å². The average Bonchev–Trinajstić information content (AvgIpc) is 2.15. The molecule has 86 valence electrons. The molecule has 0 rings (SSSR count). The number of hydrogen-bond donors (Lipinski definition) is 2. The monoisotopic (exact) mass is 203 g/mol. The van der Waals surface area contributed by atoms with Crippen LogP contribution < -0.4 is 5.32 Å². The van der Waals surface area contributed by atoms with Crippen molar-refractivity contribution in [3.8, 4) is 0 Å². The van der Waals surface area contributed by atoms with Gasteiger partial charge in [-0.15, -0.1) is 0 Å². The van der Waals surface area contributed by atoms with Gasteiger partial charge in [0, 0.05) is 6.61 Å². The van der Waals surface area contributed by atoms with Gasteiger partial charge in [0.1, 0.15) is 0 Å². The molecule has 0 aromatic rings. The average molecular weight is 203 g/mol. The Balaban J connectivity index is 2.85. The maximum atomic E-state index is 8.45. The van der Waals surface area contributed by atoms with E-state index in [0.717, 1.165) is 32.0 Å². The molecule has 3 nitrogen and oxygen atoms in total. The van der Waals surface area contributed by atoms with E-state index in [1.165, 1.54) is 12.8 Å². The van der Waals surface area contributed by atoms with Gasteiger partial charge < -0.3 is 15.2 Å². The normalized spacial score (nSPS) is 11.1. The predicted octanol–water partition coefficient (Wildman–Crippen LogP) is 1.41. The molecule has 3 heteroatoms. The summed E-state index contributed by atoms with van der Waals surface area (Å²) in [5.74, 6) is 0.810. The number of aliphatic hydroxyl groups excluding tert-OH is 1. The second-order valence-electron chi connectivity index (χ2n) is 3.98. The van der Waals surface area contributed by atoms with Crippen LogP contribution in [0.25, 0.3) is 0 Å². The molecule has 0 aliphatic heterocycles. The summed E-state index contributed by atoms with van der Waals surface area (Å²) in [4.78, 5) is 0. The molecule has 14 heavy (non-hydrogen) atoms. The Morgan fingerprint density at radius 2 is 1.86 bits per heavy atom. The lowest BCUT2D eigenvalue weighted by atomic mass is 10.1. The minimum atomic E-state index is 0.127. The molecule has 0 heterocycles. The van der Waals surface area contributed by atoms with Gasteiger partial charge in [-0.3, -0.25) is 0 Å². The van der Waals surface area contributed by atoms with Gasteiger partial charge in [0.25, 0.3) is 0 Å². The highest BCUT2D eigenvalue weighted by molar-refractivity contribution is 4.51. The summed E-state index contributed by atoms with van der Waals surface area (Å²) in [5.41, 5.74) is 0. The predicted molar refractivity (Wildman–Crippen MR) is 59.5 cm³/mol. The Kier molecular flexibility index (Phi) is 10.9. The zero-order valence-corrected chi connectivity index (χ0v) is 9.59. The topological polar surface area (TPSA) is 41.5 Å². The van der Waals surface area contributed by atoms with Gasteiger partial charge in [-0.2, -0.15) is 0 Å². The van der Waals surface area contributed by atoms with Crippen molar-refractivity contribution < 1.29 is 9.84 Å². The van der Waals surface area contributed by atoms with Crippen molar-refractivity contribution in [2.45, 2.75) is 33.1 Å². The van der Waals surface area contributed by atoms with Crippen LogP contribution >= 0.6 is 0 Å². The minimum absolute atomic E-state index is 0.127. The summed E-state index contributed by atoms with van der Waals surface area (Å²) < 4.78 is 5.14. The van der Waals surface area contributed by atoms with E-state index < -0.39 is 0 Å². The molecule has 0 spiro atoms. The second-order valence-corrected chi connectivity index (χ2v) is 3.98. The standard InChI is InChI=1S/C11H25NO2/c1-11(2)5-3-6-12-7-4-9-14-10-8-13/h11-13H,3-10H2,1-2H3. The molecule has 0 unspecified atom stereocenters. The van der Waals surface area contributed by atoms with Crippen LogP contribution in [0.3, 0.4) is 0 Å². The summed E-state index contributed by atoms with van der Waals surface area (Å²) in [7, 11) is 0. The van der Waals surface area contributed by atoms with Gasteiger partial charge in [0.15, 0.2) is 0 Å². The number of rotatable bonds is 10. The molecule has 0 amide bonds. The van der Waals surface area contributed by atoms with Crippen LogP contribution in [-0.2, 0) is 4.74 Å². The first kappa shape index (κ1) is 13.9. The van der Waals surface area contributed by atoms with Crippen LogP contribution in [0.2, 0.25) is 0 Å². The fourth-order valence-electron chi connectivity index (χ4n) is 1.23. The largest absolute Gasteiger partial charge is 0.394 e. The highest BCUT2D eigenvalue weighted by atomic mass is 16.5. The second kappa shape index (κ2) is 11.0. The molecular weight excluding hydrogens is 178 g/mol. The lowest BCUT2D eigenvalue weighted by Gasteiger charge is -2.06. The number of ether oxygens (including phenoxy) is 1. The van der Waals surface area contributed by atoms with Crippen molar-refractivity contribution >= 4 is 0 Å². The summed E-state index contributed by atoms with van der Waals surface area (Å²) in [5, 5.41) is 11.8. The fourth-order valence-corrected chi connectivity index (χ4v) is 1.23. The molecule has 0 saturated heterocycles. The van der Waals surface area contributed by atoms with E-state index in [1.807, 2.05) is 0 Å². The van der Waals surface area contributed by atoms with Gasteiger partial charge in [-0.1, -0.05) is 13.8 Å². The molecule has 0 bridgehead atoms. The van der Waals surface area contributed by atoms with E-state index in [2.05, 4.69) is 19.2 Å². The molecule has 0 saturated carbocycles. The first-order chi connectivity index (χ1) is 6.77. The Morgan fingerprint density at radius 1 is 1.14 bits per heavy atom. The van der Waals surface area contributed by atoms with Crippen molar-refractivity contribution in [2.75, 3.05) is 32.9 Å². The van der Waals surface area contributed by atoms with Gasteiger partial charge >= 0.3 is 0 Å². The Hall–Kier alpha value is -0.120. The lowest BCUT2D eigenvalue weighted by molar-refractivity contribution is 0.0907. The molecular formula is C11H25NO2. The fraction of sp³-hybridized carbons (Fsp3) is 1.00. The van der Waals surface area contributed by atoms with Crippen LogP contribution in [0.5, 0.6) is 0 Å². The van der Waals surface area contributed by atoms with Gasteiger partial charge in [0.05, 0.1) is 13.2 Å². The quantitative estimate of drug-likeness (QED) is 0.528. The van der Waals surface area contributed by atoms with Gasteiger partial charge in [-0.25, -0.2) is 0 Å². The third-order valence-electron chi connectivity index (χ3n) is 2.01. The molecule has 2 N–H and O–H groups in total. The van der Waals surface area contributed by atoms with E-state index in [4.69, 9.17) is 9.84 Å². The van der Waals surface area contributed by atoms with Crippen LogP contribution in [-0.4, -0.2) is 38.0 Å². The Bertz CT molecular complexity index is 107. The zero-order valence-electron chi connectivity index (χ0n) is 9.59. The summed E-state index contributed by atoms with van der Waals surface area (Å²) in [6.45, 7) is 7.97. The number of aliphatic hydroxyl groups is 1. The maximum Gasteiger partial charge on any atom is 0.0697 e. The number of nitrogens with one attached hydrogen (secondary N) is 1. The van der Waals surface area contributed by atoms with E-state index in [-0.39, 0.29) is 6.61 Å². The molecule has 0 aliphatic rings. The SMILES string of the molecule is CC(C)CCCNCCCOCCO. The third kappa shape index (κ3) is 11.9. The highest BCUT2D eigenvalue weighted by Gasteiger charge is 1.93. The van der Waals surface area contributed by atoms with Gasteiger partial charge in [-0.05, 0) is 38.3 Å². The van der Waals surface area contributed by atoms with Crippen molar-refractivity contribution in [2.24, 2.45) is 5.92 Å². The molecule has 0 radical (unpaired) electrons. The molecule has 0 aromatic heterocycles. The van der Waals surface area contributed by atoms with Crippen LogP contribution in [0.15, 0.2) is 0 Å². The molecule has 0 aliphatic carbocycles. The highest BCUT2D eigenvalue weighted by Crippen LogP contribution is 2.01. The molecule has 0 atom stereocenters. The van der Waals surface area contributed by atoms with Crippen LogP contribution in [0, 0.1) is 5.92 Å². The number of hydrogen-bond acceptors (Lipinski definition) is 3. The van der Waals surface area contributed by atoms with Crippen molar-refractivity contribution in [1.82, 2.24) is 5.32 Å². The van der Waals surface area contributed by atoms with E-state index in [9.17, 15) is 0 Å². The van der Waals surface area contributed by atoms with E-state index >= 15 is 0 Å². The lowest BCUT2D eigenvalue weighted by Crippen LogP contribution is -2.18. The minimum Gasteiger partial charge on any atom is -0.394 e. The first-order valence-corrected chi connectivity index (χ1v) is 5.66. The van der Waals surface area contributed by atoms with Gasteiger partial charge in [0.2, 0.25) is 0 Å². The molecule has 0 aromatic carbocycles. The van der Waals surface area contributed by atoms with Crippen LogP contribution in [0.4, 0.5) is 0 Å². The molecule has 0 fully saturated rings. The van der Waals surface area contributed by atoms with Crippen molar-refractivity contribution in [1.29, 1.82) is 0 Å². The summed E-state index contributed by atoms with van der Waals surface area (Å²) in [6.07, 6.45) is 3.59. The van der Waals surface area contributed by atoms with E-state index in [1.54, 1.807) is 0 Å². The van der Waals surface area contributed by atoms with E-state index in [0.29, 0.717) is 6.61 Å². The third-order valence-corrected chi connectivity index (χ3v) is 2.01. The smallest absolute Gasteiger partial charge is 0.0697 e. The Morgan fingerprint density at radius 3 is 2.50 bits per heavy atom. The maximum absolute atomic E-state index is 8.45. The zero-order chi connectivity index (χ0) is 10.6. The Labute approximate surface area is 87.8 Å². The summed E-state index contributed by atoms with van der Waals surface area (Å²) in [6, 6.07) is 0.